The Morgan fingerprint density at radius 2 is 2.19 bits per heavy atom. The number of halogens is 1. The fourth-order valence-corrected chi connectivity index (χ4v) is 2.28. The molecule has 0 unspecified atom stereocenters. The molecule has 0 radical (unpaired) electrons. The molecule has 0 saturated heterocycles. The predicted octanol–water partition coefficient (Wildman–Crippen LogP) is 1.97. The zero-order chi connectivity index (χ0) is 15.2. The highest BCUT2D eigenvalue weighted by molar-refractivity contribution is 6.32. The number of carbonyl (C=O) groups excluding carboxylic acids is 1. The molecule has 21 heavy (non-hydrogen) atoms. The van der Waals surface area contributed by atoms with E-state index < -0.39 is 0 Å². The molecule has 0 atom stereocenters. The molecule has 0 aliphatic heterocycles. The second-order valence-electron chi connectivity index (χ2n) is 5.18. The number of ether oxygens (including phenoxy) is 2. The van der Waals surface area contributed by atoms with Crippen molar-refractivity contribution in [1.82, 2.24) is 10.6 Å². The van der Waals surface area contributed by atoms with Gasteiger partial charge in [-0.2, -0.15) is 0 Å². The van der Waals surface area contributed by atoms with Crippen LogP contribution in [0, 0.1) is 5.92 Å². The molecule has 5 nitrogen and oxygen atoms in total. The van der Waals surface area contributed by atoms with E-state index in [1.54, 1.807) is 13.2 Å². The van der Waals surface area contributed by atoms with Crippen molar-refractivity contribution >= 4 is 17.5 Å². The van der Waals surface area contributed by atoms with Crippen LogP contribution in [0.15, 0.2) is 12.1 Å². The molecule has 1 fully saturated rings. The van der Waals surface area contributed by atoms with E-state index in [2.05, 4.69) is 10.6 Å². The van der Waals surface area contributed by atoms with Crippen molar-refractivity contribution < 1.29 is 14.3 Å². The zero-order valence-corrected chi connectivity index (χ0v) is 13.1. The number of amides is 1. The second-order valence-corrected chi connectivity index (χ2v) is 5.58. The van der Waals surface area contributed by atoms with E-state index in [-0.39, 0.29) is 12.5 Å². The molecule has 2 rings (SSSR count). The van der Waals surface area contributed by atoms with E-state index in [0.29, 0.717) is 29.0 Å². The van der Waals surface area contributed by atoms with Gasteiger partial charge in [-0.15, -0.1) is 0 Å². The van der Waals surface area contributed by atoms with Crippen LogP contribution in [0.25, 0.3) is 0 Å². The lowest BCUT2D eigenvalue weighted by atomic mass is 10.2. The number of rotatable bonds is 8. The van der Waals surface area contributed by atoms with Gasteiger partial charge in [0.15, 0.2) is 18.1 Å². The average molecular weight is 313 g/mol. The third kappa shape index (κ3) is 4.79. The van der Waals surface area contributed by atoms with E-state index in [0.717, 1.165) is 12.1 Å². The SMILES string of the molecule is CNCc1cc(Cl)c(OCC(=O)NCC2CC2)c(OC)c1. The van der Waals surface area contributed by atoms with Crippen LogP contribution < -0.4 is 20.1 Å². The summed E-state index contributed by atoms with van der Waals surface area (Å²) in [5, 5.41) is 6.33. The molecule has 0 bridgehead atoms. The van der Waals surface area contributed by atoms with Crippen LogP contribution in [0.4, 0.5) is 0 Å². The number of benzene rings is 1. The maximum absolute atomic E-state index is 11.7. The predicted molar refractivity (Wildman–Crippen MR) is 82.0 cm³/mol. The smallest absolute Gasteiger partial charge is 0.257 e. The summed E-state index contributed by atoms with van der Waals surface area (Å²) in [6.07, 6.45) is 2.40. The van der Waals surface area contributed by atoms with Crippen LogP contribution in [-0.2, 0) is 11.3 Å². The standard InChI is InChI=1S/C15H21ClN2O3/c1-17-7-11-5-12(16)15(13(6-11)20-2)21-9-14(19)18-8-10-3-4-10/h5-6,10,17H,3-4,7-9H2,1-2H3,(H,18,19). The summed E-state index contributed by atoms with van der Waals surface area (Å²) in [6, 6.07) is 3.65. The Bertz CT molecular complexity index is 504. The molecule has 1 aliphatic carbocycles. The van der Waals surface area contributed by atoms with E-state index in [1.165, 1.54) is 12.8 Å². The first-order valence-electron chi connectivity index (χ1n) is 7.04. The number of hydrogen-bond acceptors (Lipinski definition) is 4. The molecular formula is C15H21ClN2O3. The highest BCUT2D eigenvalue weighted by Gasteiger charge is 2.22. The second kappa shape index (κ2) is 7.52. The molecule has 1 amide bonds. The summed E-state index contributed by atoms with van der Waals surface area (Å²) in [7, 11) is 3.41. The number of methoxy groups -OCH3 is 1. The highest BCUT2D eigenvalue weighted by atomic mass is 35.5. The van der Waals surface area contributed by atoms with Crippen molar-refractivity contribution in [2.24, 2.45) is 5.92 Å². The monoisotopic (exact) mass is 312 g/mol. The van der Waals surface area contributed by atoms with Crippen LogP contribution in [0.1, 0.15) is 18.4 Å². The summed E-state index contributed by atoms with van der Waals surface area (Å²) >= 11 is 6.21. The minimum Gasteiger partial charge on any atom is -0.493 e. The van der Waals surface area contributed by atoms with E-state index in [9.17, 15) is 4.79 Å². The van der Waals surface area contributed by atoms with Gasteiger partial charge in [0.25, 0.3) is 5.91 Å². The van der Waals surface area contributed by atoms with Crippen molar-refractivity contribution in [3.05, 3.63) is 22.7 Å². The lowest BCUT2D eigenvalue weighted by molar-refractivity contribution is -0.123. The van der Waals surface area contributed by atoms with E-state index >= 15 is 0 Å². The number of carbonyl (C=O) groups is 1. The number of nitrogens with one attached hydrogen (secondary N) is 2. The van der Waals surface area contributed by atoms with Gasteiger partial charge in [-0.3, -0.25) is 4.79 Å². The summed E-state index contributed by atoms with van der Waals surface area (Å²) in [5.74, 6) is 1.44. The van der Waals surface area contributed by atoms with Gasteiger partial charge in [-0.1, -0.05) is 11.6 Å². The van der Waals surface area contributed by atoms with Gasteiger partial charge in [0, 0.05) is 13.1 Å². The van der Waals surface area contributed by atoms with Crippen molar-refractivity contribution in [1.29, 1.82) is 0 Å². The molecule has 0 spiro atoms. The molecule has 116 valence electrons. The third-order valence-corrected chi connectivity index (χ3v) is 3.58. The largest absolute Gasteiger partial charge is 0.493 e. The minimum absolute atomic E-state index is 0.0613. The first-order chi connectivity index (χ1) is 10.1. The molecule has 6 heteroatoms. The van der Waals surface area contributed by atoms with Crippen LogP contribution >= 0.6 is 11.6 Å². The summed E-state index contributed by atoms with van der Waals surface area (Å²) in [4.78, 5) is 11.7. The Morgan fingerprint density at radius 3 is 2.81 bits per heavy atom. The molecule has 0 aromatic heterocycles. The van der Waals surface area contributed by atoms with Gasteiger partial charge in [0.2, 0.25) is 0 Å². The lowest BCUT2D eigenvalue weighted by Gasteiger charge is -2.14. The molecule has 2 N–H and O–H groups in total. The maximum atomic E-state index is 11.7. The summed E-state index contributed by atoms with van der Waals surface area (Å²) in [6.45, 7) is 1.35. The highest BCUT2D eigenvalue weighted by Crippen LogP contribution is 2.36. The van der Waals surface area contributed by atoms with E-state index in [4.69, 9.17) is 21.1 Å². The fourth-order valence-electron chi connectivity index (χ4n) is 1.99. The van der Waals surface area contributed by atoms with Gasteiger partial charge in [0.1, 0.15) is 0 Å². The topological polar surface area (TPSA) is 59.6 Å². The van der Waals surface area contributed by atoms with Crippen LogP contribution in [0.5, 0.6) is 11.5 Å². The molecule has 1 aliphatic rings. The minimum atomic E-state index is -0.140. The van der Waals surface area contributed by atoms with Crippen molar-refractivity contribution in [2.45, 2.75) is 19.4 Å². The Labute approximate surface area is 130 Å². The summed E-state index contributed by atoms with van der Waals surface area (Å²) in [5.41, 5.74) is 0.991. The van der Waals surface area contributed by atoms with Gasteiger partial charge in [-0.25, -0.2) is 0 Å². The van der Waals surface area contributed by atoms with Gasteiger partial charge < -0.3 is 20.1 Å². The lowest BCUT2D eigenvalue weighted by Crippen LogP contribution is -2.30. The van der Waals surface area contributed by atoms with Crippen LogP contribution in [0.3, 0.4) is 0 Å². The Balaban J connectivity index is 1.95. The molecular weight excluding hydrogens is 292 g/mol. The zero-order valence-electron chi connectivity index (χ0n) is 12.4. The quantitative estimate of drug-likeness (QED) is 0.770. The summed E-state index contributed by atoms with van der Waals surface area (Å²) < 4.78 is 10.8. The molecule has 1 aromatic rings. The van der Waals surface area contributed by atoms with Gasteiger partial charge in [0.05, 0.1) is 12.1 Å². The first kappa shape index (κ1) is 15.9. The molecule has 0 heterocycles. The normalized spacial score (nSPS) is 13.9. The third-order valence-electron chi connectivity index (χ3n) is 3.30. The average Bonchev–Trinajstić information content (AvgIpc) is 3.28. The van der Waals surface area contributed by atoms with Crippen molar-refractivity contribution in [3.63, 3.8) is 0 Å². The number of hydrogen-bond donors (Lipinski definition) is 2. The molecule has 1 aromatic carbocycles. The molecule has 1 saturated carbocycles. The Hall–Kier alpha value is -1.46. The van der Waals surface area contributed by atoms with Gasteiger partial charge >= 0.3 is 0 Å². The maximum Gasteiger partial charge on any atom is 0.257 e. The van der Waals surface area contributed by atoms with Gasteiger partial charge in [-0.05, 0) is 43.5 Å². The first-order valence-corrected chi connectivity index (χ1v) is 7.42. The Kier molecular flexibility index (Phi) is 5.70. The van der Waals surface area contributed by atoms with Crippen molar-refractivity contribution in [3.8, 4) is 11.5 Å². The van der Waals surface area contributed by atoms with Crippen LogP contribution in [0.2, 0.25) is 5.02 Å². The van der Waals surface area contributed by atoms with Crippen LogP contribution in [-0.4, -0.2) is 33.2 Å². The Morgan fingerprint density at radius 1 is 1.43 bits per heavy atom. The van der Waals surface area contributed by atoms with E-state index in [1.807, 2.05) is 13.1 Å². The fraction of sp³-hybridized carbons (Fsp3) is 0.533. The van der Waals surface area contributed by atoms with Crippen molar-refractivity contribution in [2.75, 3.05) is 27.3 Å².